The van der Waals surface area contributed by atoms with Crippen LogP contribution in [0.2, 0.25) is 0 Å². The number of hydrazine groups is 1. The zero-order valence-electron chi connectivity index (χ0n) is 9.68. The molecule has 1 saturated heterocycles. The van der Waals surface area contributed by atoms with Crippen molar-refractivity contribution in [3.05, 3.63) is 0 Å². The van der Waals surface area contributed by atoms with E-state index >= 15 is 0 Å². The molecule has 1 heterocycles. The predicted molar refractivity (Wildman–Crippen MR) is 56.3 cm³/mol. The molecular weight excluding hydrogens is 237 g/mol. The average Bonchev–Trinajstić information content (AvgIpc) is 2.24. The highest BCUT2D eigenvalue weighted by Crippen LogP contribution is 2.17. The van der Waals surface area contributed by atoms with E-state index in [4.69, 9.17) is 0 Å². The first kappa shape index (κ1) is 14.0. The van der Waals surface area contributed by atoms with Gasteiger partial charge < -0.3 is 4.90 Å². The predicted octanol–water partition coefficient (Wildman–Crippen LogP) is 0.400. The summed E-state index contributed by atoms with van der Waals surface area (Å²) in [4.78, 5) is 14.3. The quantitative estimate of drug-likeness (QED) is 0.717. The fourth-order valence-electron chi connectivity index (χ4n) is 1.61. The Balaban J connectivity index is 2.28. The van der Waals surface area contributed by atoms with Gasteiger partial charge in [0.2, 0.25) is 0 Å². The van der Waals surface area contributed by atoms with Gasteiger partial charge in [-0.3, -0.25) is 10.3 Å². The first-order valence-corrected chi connectivity index (χ1v) is 5.49. The third-order valence-corrected chi connectivity index (χ3v) is 2.43. The van der Waals surface area contributed by atoms with E-state index in [2.05, 4.69) is 10.9 Å². The van der Waals surface area contributed by atoms with E-state index in [0.717, 1.165) is 0 Å². The minimum absolute atomic E-state index is 0.249. The Labute approximate surface area is 97.9 Å². The number of hydrogen-bond donors (Lipinski definition) is 2. The number of nitrogens with zero attached hydrogens (tertiary/aromatic N) is 2. The number of carbonyl (C=O) groups is 1. The second-order valence-electron chi connectivity index (χ2n) is 3.84. The zero-order valence-corrected chi connectivity index (χ0v) is 9.68. The van der Waals surface area contributed by atoms with Gasteiger partial charge >= 0.3 is 12.2 Å². The molecule has 8 heteroatoms. The molecule has 5 nitrogen and oxygen atoms in total. The highest BCUT2D eigenvalue weighted by Gasteiger charge is 2.32. The summed E-state index contributed by atoms with van der Waals surface area (Å²) in [6, 6.07) is -0.293. The van der Waals surface area contributed by atoms with Gasteiger partial charge in [-0.25, -0.2) is 10.2 Å². The standard InChI is InChI=1S/C9H17F3N4O/c1-2-13-14-8(17)16-5-3-15(4-6-16)7-9(10,11)12/h13H,2-7H2,1H3,(H,14,17). The van der Waals surface area contributed by atoms with Gasteiger partial charge in [-0.15, -0.1) is 0 Å². The van der Waals surface area contributed by atoms with Crippen LogP contribution in [-0.2, 0) is 0 Å². The summed E-state index contributed by atoms with van der Waals surface area (Å²) in [5.74, 6) is 0. The molecule has 0 atom stereocenters. The van der Waals surface area contributed by atoms with Gasteiger partial charge in [0.25, 0.3) is 0 Å². The van der Waals surface area contributed by atoms with Gasteiger partial charge in [-0.1, -0.05) is 6.92 Å². The summed E-state index contributed by atoms with van der Waals surface area (Å²) >= 11 is 0. The van der Waals surface area contributed by atoms with Crippen LogP contribution < -0.4 is 10.9 Å². The van der Waals surface area contributed by atoms with Crippen LogP contribution >= 0.6 is 0 Å². The van der Waals surface area contributed by atoms with Gasteiger partial charge in [0.05, 0.1) is 6.54 Å². The lowest BCUT2D eigenvalue weighted by Gasteiger charge is -2.34. The second kappa shape index (κ2) is 6.06. The molecule has 0 radical (unpaired) electrons. The molecule has 0 aromatic carbocycles. The molecule has 1 aliphatic rings. The topological polar surface area (TPSA) is 47.6 Å². The van der Waals surface area contributed by atoms with E-state index < -0.39 is 12.7 Å². The molecule has 2 amide bonds. The largest absolute Gasteiger partial charge is 0.401 e. The van der Waals surface area contributed by atoms with Crippen molar-refractivity contribution in [2.45, 2.75) is 13.1 Å². The van der Waals surface area contributed by atoms with Gasteiger partial charge in [0.15, 0.2) is 0 Å². The van der Waals surface area contributed by atoms with Crippen LogP contribution in [-0.4, -0.2) is 61.3 Å². The Morgan fingerprint density at radius 1 is 1.24 bits per heavy atom. The number of amides is 2. The van der Waals surface area contributed by atoms with Crippen molar-refractivity contribution >= 4 is 6.03 Å². The number of piperazine rings is 1. The van der Waals surface area contributed by atoms with Crippen molar-refractivity contribution in [2.75, 3.05) is 39.3 Å². The highest BCUT2D eigenvalue weighted by molar-refractivity contribution is 5.73. The maximum atomic E-state index is 12.1. The molecule has 1 rings (SSSR count). The molecule has 17 heavy (non-hydrogen) atoms. The number of hydrogen-bond acceptors (Lipinski definition) is 3. The van der Waals surface area contributed by atoms with E-state index in [1.165, 1.54) is 9.80 Å². The molecule has 1 fully saturated rings. The normalized spacial score (nSPS) is 18.2. The van der Waals surface area contributed by atoms with Crippen LogP contribution in [0, 0.1) is 0 Å². The van der Waals surface area contributed by atoms with Gasteiger partial charge in [-0.05, 0) is 0 Å². The molecule has 0 aromatic heterocycles. The van der Waals surface area contributed by atoms with Crippen molar-refractivity contribution in [2.24, 2.45) is 0 Å². The van der Waals surface area contributed by atoms with Crippen molar-refractivity contribution < 1.29 is 18.0 Å². The number of nitrogens with one attached hydrogen (secondary N) is 2. The number of carbonyl (C=O) groups excluding carboxylic acids is 1. The molecule has 0 saturated carbocycles. The second-order valence-corrected chi connectivity index (χ2v) is 3.84. The summed E-state index contributed by atoms with van der Waals surface area (Å²) in [5.41, 5.74) is 5.12. The third-order valence-electron chi connectivity index (χ3n) is 2.43. The number of rotatable bonds is 3. The van der Waals surface area contributed by atoms with Crippen LogP contribution in [0.25, 0.3) is 0 Å². The van der Waals surface area contributed by atoms with Crippen molar-refractivity contribution in [1.29, 1.82) is 0 Å². The van der Waals surface area contributed by atoms with E-state index in [1.807, 2.05) is 6.92 Å². The SMILES string of the molecule is CCNNC(=O)N1CCN(CC(F)(F)F)CC1. The lowest BCUT2D eigenvalue weighted by atomic mass is 10.3. The van der Waals surface area contributed by atoms with Crippen LogP contribution in [0.15, 0.2) is 0 Å². The van der Waals surface area contributed by atoms with Crippen molar-refractivity contribution in [1.82, 2.24) is 20.7 Å². The minimum atomic E-state index is -4.17. The molecule has 0 bridgehead atoms. The van der Waals surface area contributed by atoms with Crippen LogP contribution in [0.5, 0.6) is 0 Å². The summed E-state index contributed by atoms with van der Waals surface area (Å²) < 4.78 is 36.4. The molecule has 0 spiro atoms. The maximum Gasteiger partial charge on any atom is 0.401 e. The summed E-state index contributed by atoms with van der Waals surface area (Å²) in [7, 11) is 0. The van der Waals surface area contributed by atoms with E-state index in [9.17, 15) is 18.0 Å². The Morgan fingerprint density at radius 3 is 2.29 bits per heavy atom. The van der Waals surface area contributed by atoms with E-state index in [1.54, 1.807) is 0 Å². The Hall–Kier alpha value is -1.02. The number of urea groups is 1. The number of halogens is 3. The molecular formula is C9H17F3N4O. The van der Waals surface area contributed by atoms with Crippen LogP contribution in [0.4, 0.5) is 18.0 Å². The fourth-order valence-corrected chi connectivity index (χ4v) is 1.61. The smallest absolute Gasteiger partial charge is 0.321 e. The van der Waals surface area contributed by atoms with Gasteiger partial charge in [0.1, 0.15) is 0 Å². The monoisotopic (exact) mass is 254 g/mol. The highest BCUT2D eigenvalue weighted by atomic mass is 19.4. The number of alkyl halides is 3. The van der Waals surface area contributed by atoms with Crippen LogP contribution in [0.1, 0.15) is 6.92 Å². The van der Waals surface area contributed by atoms with Gasteiger partial charge in [0, 0.05) is 32.7 Å². The fraction of sp³-hybridized carbons (Fsp3) is 0.889. The van der Waals surface area contributed by atoms with Crippen molar-refractivity contribution in [3.8, 4) is 0 Å². The first-order chi connectivity index (χ1) is 7.92. The van der Waals surface area contributed by atoms with Crippen LogP contribution in [0.3, 0.4) is 0 Å². The molecule has 0 unspecified atom stereocenters. The first-order valence-electron chi connectivity index (χ1n) is 5.49. The molecule has 0 aromatic rings. The summed E-state index contributed by atoms with van der Waals surface area (Å²) in [6.07, 6.45) is -4.17. The summed E-state index contributed by atoms with van der Waals surface area (Å²) in [6.45, 7) is 2.65. The Morgan fingerprint density at radius 2 is 1.82 bits per heavy atom. The summed E-state index contributed by atoms with van der Waals surface area (Å²) in [5, 5.41) is 0. The maximum absolute atomic E-state index is 12.1. The Bertz CT molecular complexity index is 251. The van der Waals surface area contributed by atoms with Crippen molar-refractivity contribution in [3.63, 3.8) is 0 Å². The zero-order chi connectivity index (χ0) is 12.9. The average molecular weight is 254 g/mol. The van der Waals surface area contributed by atoms with Gasteiger partial charge in [-0.2, -0.15) is 13.2 Å². The van der Waals surface area contributed by atoms with E-state index in [0.29, 0.717) is 19.6 Å². The lowest BCUT2D eigenvalue weighted by molar-refractivity contribution is -0.148. The minimum Gasteiger partial charge on any atom is -0.321 e. The lowest BCUT2D eigenvalue weighted by Crippen LogP contribution is -2.55. The molecule has 100 valence electrons. The van der Waals surface area contributed by atoms with E-state index in [-0.39, 0.29) is 19.1 Å². The molecule has 2 N–H and O–H groups in total. The third kappa shape index (κ3) is 5.22. The molecule has 1 aliphatic heterocycles. The molecule has 0 aliphatic carbocycles. The Kier molecular flexibility index (Phi) is 5.01.